The second-order valence-electron chi connectivity index (χ2n) is 1.22. The predicted molar refractivity (Wildman–Crippen MR) is 41.0 cm³/mol. The third-order valence-electron chi connectivity index (χ3n) is 0.546. The van der Waals surface area contributed by atoms with E-state index in [-0.39, 0.29) is 65.7 Å². The van der Waals surface area contributed by atoms with Crippen LogP contribution in [-0.2, 0) is 9.09 Å². The zero-order valence-corrected chi connectivity index (χ0v) is 11.7. The standard InChI is InChI=1S/C3H7O5P.2Na/c1-2-8-9(6,7)3(4)5;;/h2H2,1H3,(H,4,5)(H,6,7);;. The Labute approximate surface area is 109 Å². The van der Waals surface area contributed by atoms with Gasteiger partial charge in [-0.05, 0) is 6.92 Å². The molecule has 0 aliphatic carbocycles. The largest absolute Gasteiger partial charge is 0.472 e. The van der Waals surface area contributed by atoms with Gasteiger partial charge in [-0.2, -0.15) is 0 Å². The van der Waals surface area contributed by atoms with Crippen LogP contribution in [0.4, 0.5) is 4.79 Å². The Kier molecular flexibility index (Phi) is 13.8. The third kappa shape index (κ3) is 7.96. The summed E-state index contributed by atoms with van der Waals surface area (Å²) in [5.74, 6) is 0. The summed E-state index contributed by atoms with van der Waals surface area (Å²) in [6.45, 7) is 1.35. The minimum absolute atomic E-state index is 0. The van der Waals surface area contributed by atoms with Crippen molar-refractivity contribution in [3.05, 3.63) is 0 Å². The van der Waals surface area contributed by atoms with Crippen LogP contribution in [0, 0.1) is 0 Å². The Hall–Kier alpha value is 1.62. The molecule has 2 radical (unpaired) electrons. The predicted octanol–water partition coefficient (Wildman–Crippen LogP) is 0.125. The van der Waals surface area contributed by atoms with Gasteiger partial charge in [0.05, 0.1) is 6.61 Å². The molecule has 0 aliphatic heterocycles. The van der Waals surface area contributed by atoms with Gasteiger partial charge in [0, 0.05) is 59.1 Å². The molecule has 0 saturated heterocycles. The van der Waals surface area contributed by atoms with Crippen molar-refractivity contribution in [3.8, 4) is 0 Å². The molecule has 0 saturated carbocycles. The molecule has 0 bridgehead atoms. The van der Waals surface area contributed by atoms with Gasteiger partial charge in [0.2, 0.25) is 0 Å². The van der Waals surface area contributed by atoms with Gasteiger partial charge < -0.3 is 14.5 Å². The van der Waals surface area contributed by atoms with Crippen LogP contribution in [0.15, 0.2) is 0 Å². The zero-order chi connectivity index (χ0) is 7.49. The van der Waals surface area contributed by atoms with Crippen LogP contribution in [0.1, 0.15) is 6.92 Å². The summed E-state index contributed by atoms with van der Waals surface area (Å²) in [4.78, 5) is 18.1. The van der Waals surface area contributed by atoms with Gasteiger partial charge in [0.15, 0.2) is 0 Å². The van der Waals surface area contributed by atoms with Crippen molar-refractivity contribution in [2.45, 2.75) is 6.92 Å². The van der Waals surface area contributed by atoms with E-state index in [1.54, 1.807) is 0 Å². The minimum atomic E-state index is -4.35. The molecule has 1 unspecified atom stereocenters. The van der Waals surface area contributed by atoms with Crippen LogP contribution in [0.2, 0.25) is 0 Å². The summed E-state index contributed by atoms with van der Waals surface area (Å²) in [6, 6.07) is 0. The average Bonchev–Trinajstić information content (AvgIpc) is 1.65. The Balaban J connectivity index is -0.000000320. The first-order chi connectivity index (χ1) is 4.00. The molecule has 0 fully saturated rings. The second kappa shape index (κ2) is 8.23. The van der Waals surface area contributed by atoms with E-state index in [1.807, 2.05) is 0 Å². The summed E-state index contributed by atoms with van der Waals surface area (Å²) in [5, 5.41) is 7.93. The van der Waals surface area contributed by atoms with Crippen LogP contribution in [0.5, 0.6) is 0 Å². The van der Waals surface area contributed by atoms with Crippen molar-refractivity contribution < 1.29 is 23.9 Å². The number of hydrogen-bond donors (Lipinski definition) is 2. The Bertz CT molecular complexity index is 160. The molecule has 2 N–H and O–H groups in total. The Morgan fingerprint density at radius 3 is 2.00 bits per heavy atom. The van der Waals surface area contributed by atoms with Crippen molar-refractivity contribution in [1.82, 2.24) is 0 Å². The molecule has 0 aromatic carbocycles. The van der Waals surface area contributed by atoms with Gasteiger partial charge in [0.1, 0.15) is 0 Å². The molecule has 0 heterocycles. The van der Waals surface area contributed by atoms with Gasteiger partial charge in [-0.15, -0.1) is 0 Å². The molecule has 56 valence electrons. The molecule has 11 heavy (non-hydrogen) atoms. The van der Waals surface area contributed by atoms with Crippen molar-refractivity contribution in [2.75, 3.05) is 6.61 Å². The maximum Gasteiger partial charge on any atom is 0.435 e. The Morgan fingerprint density at radius 2 is 1.91 bits per heavy atom. The summed E-state index contributed by atoms with van der Waals surface area (Å²) in [6.07, 6.45) is 0. The molecule has 0 aliphatic rings. The monoisotopic (exact) mass is 200 g/mol. The van der Waals surface area contributed by atoms with Gasteiger partial charge >= 0.3 is 13.3 Å². The molecule has 0 aromatic rings. The van der Waals surface area contributed by atoms with Gasteiger partial charge in [0.25, 0.3) is 0 Å². The van der Waals surface area contributed by atoms with E-state index >= 15 is 0 Å². The first-order valence-electron chi connectivity index (χ1n) is 2.21. The summed E-state index contributed by atoms with van der Waals surface area (Å²) in [5.41, 5.74) is -1.82. The normalized spacial score (nSPS) is 13.6. The van der Waals surface area contributed by atoms with Crippen LogP contribution in [0.3, 0.4) is 0 Å². The average molecular weight is 200 g/mol. The fraction of sp³-hybridized carbons (Fsp3) is 0.667. The zero-order valence-electron chi connectivity index (χ0n) is 6.77. The number of carbonyl (C=O) groups is 1. The van der Waals surface area contributed by atoms with E-state index < -0.39 is 13.3 Å². The molecular formula is C3H7Na2O5P. The topological polar surface area (TPSA) is 83.8 Å². The van der Waals surface area contributed by atoms with Crippen molar-refractivity contribution >= 4 is 72.4 Å². The smallest absolute Gasteiger partial charge is 0.435 e. The molecule has 0 aromatic heterocycles. The van der Waals surface area contributed by atoms with E-state index in [2.05, 4.69) is 4.52 Å². The molecule has 5 nitrogen and oxygen atoms in total. The fourth-order valence-corrected chi connectivity index (χ4v) is 0.691. The SMILES string of the molecule is CCOP(=O)(O)C(=O)O.[Na].[Na]. The minimum Gasteiger partial charge on any atom is -0.472 e. The molecule has 0 amide bonds. The van der Waals surface area contributed by atoms with Gasteiger partial charge in [-0.25, -0.2) is 9.36 Å². The van der Waals surface area contributed by atoms with Crippen molar-refractivity contribution in [3.63, 3.8) is 0 Å². The second-order valence-corrected chi connectivity index (χ2v) is 2.90. The quantitative estimate of drug-likeness (QED) is 0.499. The molecule has 0 spiro atoms. The summed E-state index contributed by atoms with van der Waals surface area (Å²) < 4.78 is 14.2. The first-order valence-corrected chi connectivity index (χ1v) is 3.79. The number of carboxylic acid groups (broad SMARTS) is 1. The van der Waals surface area contributed by atoms with Gasteiger partial charge in [-0.1, -0.05) is 0 Å². The number of hydrogen-bond acceptors (Lipinski definition) is 3. The van der Waals surface area contributed by atoms with Crippen LogP contribution in [0.25, 0.3) is 0 Å². The van der Waals surface area contributed by atoms with Crippen molar-refractivity contribution in [1.29, 1.82) is 0 Å². The van der Waals surface area contributed by atoms with Crippen molar-refractivity contribution in [2.24, 2.45) is 0 Å². The van der Waals surface area contributed by atoms with E-state index in [0.29, 0.717) is 0 Å². The number of rotatable bonds is 3. The van der Waals surface area contributed by atoms with Gasteiger partial charge in [-0.3, -0.25) is 0 Å². The van der Waals surface area contributed by atoms with E-state index in [0.717, 1.165) is 0 Å². The third-order valence-corrected chi connectivity index (χ3v) is 1.64. The Morgan fingerprint density at radius 1 is 1.55 bits per heavy atom. The van der Waals surface area contributed by atoms with Crippen LogP contribution >= 0.6 is 7.60 Å². The fourth-order valence-electron chi connectivity index (χ4n) is 0.230. The summed E-state index contributed by atoms with van der Waals surface area (Å²) >= 11 is 0. The van der Waals surface area contributed by atoms with Crippen LogP contribution < -0.4 is 0 Å². The van der Waals surface area contributed by atoms with E-state index in [1.165, 1.54) is 6.92 Å². The van der Waals surface area contributed by atoms with E-state index in [4.69, 9.17) is 10.00 Å². The first kappa shape index (κ1) is 18.4. The molecule has 8 heteroatoms. The molecular weight excluding hydrogens is 193 g/mol. The summed E-state index contributed by atoms with van der Waals surface area (Å²) in [7, 11) is -4.35. The maximum absolute atomic E-state index is 10.2. The maximum atomic E-state index is 10.2. The molecule has 1 atom stereocenters. The molecule has 0 rings (SSSR count). The van der Waals surface area contributed by atoms with E-state index in [9.17, 15) is 9.36 Å². The van der Waals surface area contributed by atoms with Crippen LogP contribution in [-0.4, -0.2) is 81.4 Å².